The Kier molecular flexibility index (Phi) is 6.62. The average Bonchev–Trinajstić information content (AvgIpc) is 2.75. The molecule has 0 aliphatic heterocycles. The molecule has 1 N–H and O–H groups in total. The Morgan fingerprint density at radius 3 is 2.45 bits per heavy atom. The number of anilines is 1. The zero-order valence-corrected chi connectivity index (χ0v) is 16.8. The van der Waals surface area contributed by atoms with Crippen molar-refractivity contribution in [3.8, 4) is 0 Å². The van der Waals surface area contributed by atoms with E-state index >= 15 is 0 Å². The van der Waals surface area contributed by atoms with Crippen LogP contribution in [0, 0.1) is 17.6 Å². The van der Waals surface area contributed by atoms with Gasteiger partial charge in [0, 0.05) is 24.2 Å². The summed E-state index contributed by atoms with van der Waals surface area (Å²) in [6, 6.07) is 9.98. The summed E-state index contributed by atoms with van der Waals surface area (Å²) in [6.07, 6.45) is 5.13. The maximum Gasteiger partial charge on any atom is 0.254 e. The van der Waals surface area contributed by atoms with Crippen LogP contribution >= 0.6 is 0 Å². The fraction of sp³-hybridized carbons (Fsp3) is 0.391. The maximum absolute atomic E-state index is 13.5. The third-order valence-corrected chi connectivity index (χ3v) is 5.68. The lowest BCUT2D eigenvalue weighted by molar-refractivity contribution is -0.120. The highest BCUT2D eigenvalue weighted by atomic mass is 19.2. The van der Waals surface area contributed by atoms with Gasteiger partial charge in [-0.3, -0.25) is 9.59 Å². The summed E-state index contributed by atoms with van der Waals surface area (Å²) in [5.41, 5.74) is 1.50. The van der Waals surface area contributed by atoms with Crippen molar-refractivity contribution in [3.05, 3.63) is 65.2 Å². The molecule has 1 unspecified atom stereocenters. The number of carbonyl (C=O) groups excluding carboxylic acids is 2. The van der Waals surface area contributed by atoms with Crippen LogP contribution in [0.4, 0.5) is 14.5 Å². The summed E-state index contributed by atoms with van der Waals surface area (Å²) in [5.74, 6) is -2.10. The van der Waals surface area contributed by atoms with Crippen molar-refractivity contribution in [3.63, 3.8) is 0 Å². The van der Waals surface area contributed by atoms with Gasteiger partial charge < -0.3 is 10.2 Å². The van der Waals surface area contributed by atoms with Crippen LogP contribution in [0.2, 0.25) is 0 Å². The molecule has 3 rings (SSSR count). The molecular formula is C23H26F2N2O2. The number of amides is 2. The first-order valence-corrected chi connectivity index (χ1v) is 10.00. The van der Waals surface area contributed by atoms with Crippen LogP contribution in [0.25, 0.3) is 0 Å². The molecule has 6 heteroatoms. The van der Waals surface area contributed by atoms with Gasteiger partial charge in [-0.2, -0.15) is 0 Å². The summed E-state index contributed by atoms with van der Waals surface area (Å²) in [7, 11) is 1.61. The minimum Gasteiger partial charge on any atom is -0.335 e. The van der Waals surface area contributed by atoms with Crippen LogP contribution in [-0.2, 0) is 4.79 Å². The second-order valence-electron chi connectivity index (χ2n) is 7.67. The minimum atomic E-state index is -0.942. The van der Waals surface area contributed by atoms with Crippen LogP contribution in [0.3, 0.4) is 0 Å². The quantitative estimate of drug-likeness (QED) is 0.739. The van der Waals surface area contributed by atoms with Gasteiger partial charge in [0.2, 0.25) is 5.91 Å². The zero-order chi connectivity index (χ0) is 21.0. The van der Waals surface area contributed by atoms with E-state index in [1.807, 2.05) is 0 Å². The van der Waals surface area contributed by atoms with Gasteiger partial charge in [-0.05, 0) is 55.7 Å². The van der Waals surface area contributed by atoms with Crippen molar-refractivity contribution in [1.29, 1.82) is 0 Å². The molecule has 1 fully saturated rings. The van der Waals surface area contributed by atoms with Gasteiger partial charge in [0.25, 0.3) is 5.91 Å². The molecule has 154 valence electrons. The number of nitrogens with zero attached hydrogens (tertiary/aromatic N) is 1. The zero-order valence-electron chi connectivity index (χ0n) is 16.8. The van der Waals surface area contributed by atoms with Crippen molar-refractivity contribution >= 4 is 17.5 Å². The lowest BCUT2D eigenvalue weighted by Crippen LogP contribution is -2.30. The average molecular weight is 400 g/mol. The van der Waals surface area contributed by atoms with Crippen LogP contribution in [0.15, 0.2) is 42.5 Å². The maximum atomic E-state index is 13.5. The molecule has 1 saturated carbocycles. The van der Waals surface area contributed by atoms with E-state index in [0.717, 1.165) is 37.8 Å². The Morgan fingerprint density at radius 2 is 1.76 bits per heavy atom. The molecular weight excluding hydrogens is 374 g/mol. The third-order valence-electron chi connectivity index (χ3n) is 5.68. The molecule has 0 aromatic heterocycles. The van der Waals surface area contributed by atoms with E-state index in [9.17, 15) is 18.4 Å². The van der Waals surface area contributed by atoms with E-state index in [4.69, 9.17) is 0 Å². The minimum absolute atomic E-state index is 0.00203. The van der Waals surface area contributed by atoms with Gasteiger partial charge in [-0.25, -0.2) is 8.78 Å². The molecule has 0 spiro atoms. The van der Waals surface area contributed by atoms with Gasteiger partial charge in [-0.1, -0.05) is 31.4 Å². The van der Waals surface area contributed by atoms with Crippen molar-refractivity contribution in [2.45, 2.75) is 45.1 Å². The fourth-order valence-electron chi connectivity index (χ4n) is 3.71. The molecule has 1 aliphatic carbocycles. The van der Waals surface area contributed by atoms with E-state index in [-0.39, 0.29) is 17.7 Å². The van der Waals surface area contributed by atoms with E-state index in [1.54, 1.807) is 38.2 Å². The van der Waals surface area contributed by atoms with E-state index in [0.29, 0.717) is 16.8 Å². The Balaban J connectivity index is 1.70. The molecule has 0 radical (unpaired) electrons. The van der Waals surface area contributed by atoms with E-state index in [1.165, 1.54) is 17.4 Å². The Bertz CT molecular complexity index is 894. The van der Waals surface area contributed by atoms with Crippen molar-refractivity contribution in [2.75, 3.05) is 12.4 Å². The summed E-state index contributed by atoms with van der Waals surface area (Å²) >= 11 is 0. The van der Waals surface area contributed by atoms with Gasteiger partial charge in [0.05, 0.1) is 6.04 Å². The summed E-state index contributed by atoms with van der Waals surface area (Å²) in [6.45, 7) is 1.75. The van der Waals surface area contributed by atoms with E-state index < -0.39 is 17.7 Å². The number of carbonyl (C=O) groups is 2. The molecule has 2 amide bonds. The van der Waals surface area contributed by atoms with Crippen LogP contribution in [0.5, 0.6) is 0 Å². The molecule has 0 heterocycles. The topological polar surface area (TPSA) is 49.4 Å². The van der Waals surface area contributed by atoms with Crippen LogP contribution in [-0.4, -0.2) is 23.8 Å². The molecule has 1 atom stereocenters. The van der Waals surface area contributed by atoms with Crippen LogP contribution < -0.4 is 5.32 Å². The summed E-state index contributed by atoms with van der Waals surface area (Å²) in [4.78, 5) is 26.8. The highest BCUT2D eigenvalue weighted by Crippen LogP contribution is 2.26. The highest BCUT2D eigenvalue weighted by molar-refractivity contribution is 5.97. The lowest BCUT2D eigenvalue weighted by Gasteiger charge is -2.26. The Labute approximate surface area is 169 Å². The predicted molar refractivity (Wildman–Crippen MR) is 109 cm³/mol. The van der Waals surface area contributed by atoms with Crippen LogP contribution in [0.1, 0.15) is 61.0 Å². The largest absolute Gasteiger partial charge is 0.335 e. The first-order valence-electron chi connectivity index (χ1n) is 10.00. The number of hydrogen-bond donors (Lipinski definition) is 1. The third kappa shape index (κ3) is 5.00. The molecule has 29 heavy (non-hydrogen) atoms. The number of hydrogen-bond acceptors (Lipinski definition) is 2. The molecule has 4 nitrogen and oxygen atoms in total. The lowest BCUT2D eigenvalue weighted by atomic mass is 9.88. The number of benzene rings is 2. The van der Waals surface area contributed by atoms with E-state index in [2.05, 4.69) is 5.32 Å². The summed E-state index contributed by atoms with van der Waals surface area (Å²) < 4.78 is 26.7. The molecule has 2 aromatic carbocycles. The number of halogens is 2. The van der Waals surface area contributed by atoms with Gasteiger partial charge in [0.15, 0.2) is 11.6 Å². The smallest absolute Gasteiger partial charge is 0.254 e. The monoisotopic (exact) mass is 400 g/mol. The standard InChI is InChI=1S/C23H26F2N2O2/c1-15(17-11-12-20(24)21(25)14-17)27(2)23(29)18-9-6-10-19(13-18)26-22(28)16-7-4-3-5-8-16/h6,9-16H,3-5,7-8H2,1-2H3,(H,26,28). The predicted octanol–water partition coefficient (Wildman–Crippen LogP) is 5.32. The van der Waals surface area contributed by atoms with Crippen molar-refractivity contribution in [2.24, 2.45) is 5.92 Å². The second-order valence-corrected chi connectivity index (χ2v) is 7.67. The first kappa shape index (κ1) is 21.0. The van der Waals surface area contributed by atoms with Gasteiger partial charge >= 0.3 is 0 Å². The second kappa shape index (κ2) is 9.16. The molecule has 0 saturated heterocycles. The molecule has 0 bridgehead atoms. The Morgan fingerprint density at radius 1 is 1.03 bits per heavy atom. The first-order chi connectivity index (χ1) is 13.9. The SMILES string of the molecule is CC(c1ccc(F)c(F)c1)N(C)C(=O)c1cccc(NC(=O)C2CCCCC2)c1. The summed E-state index contributed by atoms with van der Waals surface area (Å²) in [5, 5.41) is 2.92. The number of rotatable bonds is 5. The Hall–Kier alpha value is -2.76. The highest BCUT2D eigenvalue weighted by Gasteiger charge is 2.23. The van der Waals surface area contributed by atoms with Gasteiger partial charge in [-0.15, -0.1) is 0 Å². The van der Waals surface area contributed by atoms with Crippen molar-refractivity contribution in [1.82, 2.24) is 4.90 Å². The number of nitrogens with one attached hydrogen (secondary N) is 1. The van der Waals surface area contributed by atoms with Gasteiger partial charge in [0.1, 0.15) is 0 Å². The molecule has 1 aliphatic rings. The fourth-order valence-corrected chi connectivity index (χ4v) is 3.71. The normalized spacial score (nSPS) is 15.6. The molecule has 2 aromatic rings. The van der Waals surface area contributed by atoms with Crippen molar-refractivity contribution < 1.29 is 18.4 Å².